The predicted octanol–water partition coefficient (Wildman–Crippen LogP) is 3.03. The van der Waals surface area contributed by atoms with Gasteiger partial charge in [0.25, 0.3) is 5.91 Å². The second-order valence-electron chi connectivity index (χ2n) is 5.84. The van der Waals surface area contributed by atoms with E-state index in [2.05, 4.69) is 5.32 Å². The third-order valence-electron chi connectivity index (χ3n) is 2.48. The number of carbonyl (C=O) groups is 2. The number of amides is 1. The number of hydrogen-bond acceptors (Lipinski definition) is 4. The van der Waals surface area contributed by atoms with Crippen molar-refractivity contribution in [2.45, 2.75) is 46.3 Å². The quantitative estimate of drug-likeness (QED) is 0.868. The smallest absolute Gasteiger partial charge is 0.329 e. The molecule has 1 aromatic heterocycles. The topological polar surface area (TPSA) is 68.5 Å². The first-order valence-corrected chi connectivity index (χ1v) is 6.76. The van der Waals surface area contributed by atoms with Crippen molar-refractivity contribution in [3.63, 3.8) is 0 Å². The number of nitrogens with one attached hydrogen (secondary N) is 1. The Balaban J connectivity index is 2.81. The van der Waals surface area contributed by atoms with Crippen LogP contribution in [-0.4, -0.2) is 23.5 Å². The van der Waals surface area contributed by atoms with E-state index in [-0.39, 0.29) is 16.7 Å². The van der Waals surface area contributed by atoms with Crippen LogP contribution in [0.4, 0.5) is 0 Å². The summed E-state index contributed by atoms with van der Waals surface area (Å²) in [5.41, 5.74) is -0.414. The lowest BCUT2D eigenvalue weighted by Crippen LogP contribution is -2.47. The van der Waals surface area contributed by atoms with Gasteiger partial charge in [-0.25, -0.2) is 4.79 Å². The fraction of sp³-hybridized carbons (Fsp3) is 0.571. The predicted molar refractivity (Wildman–Crippen MR) is 75.7 cm³/mol. The molecule has 0 fully saturated rings. The number of hydrogen-bond donors (Lipinski definition) is 1. The third-order valence-corrected chi connectivity index (χ3v) is 2.77. The van der Waals surface area contributed by atoms with Crippen LogP contribution in [0.25, 0.3) is 0 Å². The molecule has 1 atom stereocenters. The minimum Gasteiger partial charge on any atom is -0.458 e. The Morgan fingerprint density at radius 1 is 1.35 bits per heavy atom. The van der Waals surface area contributed by atoms with Crippen LogP contribution >= 0.6 is 11.6 Å². The van der Waals surface area contributed by atoms with E-state index in [0.717, 1.165) is 0 Å². The number of halogens is 1. The summed E-state index contributed by atoms with van der Waals surface area (Å²) < 4.78 is 10.2. The van der Waals surface area contributed by atoms with E-state index in [9.17, 15) is 9.59 Å². The summed E-state index contributed by atoms with van der Waals surface area (Å²) in [7, 11) is 0. The van der Waals surface area contributed by atoms with Gasteiger partial charge in [-0.3, -0.25) is 4.79 Å². The molecule has 0 bridgehead atoms. The molecular formula is C14H20ClNO4. The van der Waals surface area contributed by atoms with Crippen molar-refractivity contribution >= 4 is 23.5 Å². The zero-order valence-electron chi connectivity index (χ0n) is 12.3. The van der Waals surface area contributed by atoms with Crippen molar-refractivity contribution in [3.8, 4) is 0 Å². The van der Waals surface area contributed by atoms with Crippen LogP contribution in [0.3, 0.4) is 0 Å². The van der Waals surface area contributed by atoms with E-state index in [0.29, 0.717) is 0 Å². The van der Waals surface area contributed by atoms with Gasteiger partial charge in [0.1, 0.15) is 11.6 Å². The number of rotatable bonds is 4. The Kier molecular flexibility index (Phi) is 5.22. The van der Waals surface area contributed by atoms with Crippen molar-refractivity contribution in [1.29, 1.82) is 0 Å². The molecule has 0 aliphatic heterocycles. The zero-order valence-corrected chi connectivity index (χ0v) is 13.1. The molecule has 0 radical (unpaired) electrons. The molecule has 20 heavy (non-hydrogen) atoms. The fourth-order valence-electron chi connectivity index (χ4n) is 1.54. The molecular weight excluding hydrogens is 282 g/mol. The van der Waals surface area contributed by atoms with Crippen LogP contribution in [0.15, 0.2) is 16.7 Å². The molecule has 0 unspecified atom stereocenters. The molecule has 1 aromatic rings. The zero-order chi connectivity index (χ0) is 15.5. The second-order valence-corrected chi connectivity index (χ2v) is 6.18. The molecule has 0 spiro atoms. The van der Waals surface area contributed by atoms with Crippen LogP contribution < -0.4 is 5.32 Å². The van der Waals surface area contributed by atoms with Gasteiger partial charge in [0.05, 0.1) is 11.8 Å². The van der Waals surface area contributed by atoms with Crippen LogP contribution in [0, 0.1) is 5.92 Å². The van der Waals surface area contributed by atoms with Crippen LogP contribution in [0.2, 0.25) is 5.22 Å². The Hall–Kier alpha value is -1.49. The molecule has 0 aliphatic rings. The summed E-state index contributed by atoms with van der Waals surface area (Å²) in [6.07, 6.45) is 1.31. The fourth-order valence-corrected chi connectivity index (χ4v) is 1.74. The molecule has 1 rings (SSSR count). The molecule has 0 saturated carbocycles. The summed E-state index contributed by atoms with van der Waals surface area (Å²) in [5, 5.41) is 2.62. The number of ether oxygens (including phenoxy) is 1. The Bertz CT molecular complexity index is 488. The van der Waals surface area contributed by atoms with Gasteiger partial charge >= 0.3 is 5.97 Å². The van der Waals surface area contributed by atoms with Crippen LogP contribution in [0.1, 0.15) is 45.0 Å². The summed E-state index contributed by atoms with van der Waals surface area (Å²) in [6.45, 7) is 8.98. The van der Waals surface area contributed by atoms with Gasteiger partial charge in [-0.15, -0.1) is 0 Å². The lowest BCUT2D eigenvalue weighted by atomic mass is 10.0. The van der Waals surface area contributed by atoms with Gasteiger partial charge in [-0.05, 0) is 44.4 Å². The Morgan fingerprint density at radius 2 is 1.95 bits per heavy atom. The summed E-state index contributed by atoms with van der Waals surface area (Å²) in [6, 6.07) is 0.706. The van der Waals surface area contributed by atoms with Crippen LogP contribution in [0.5, 0.6) is 0 Å². The highest BCUT2D eigenvalue weighted by Gasteiger charge is 2.30. The van der Waals surface area contributed by atoms with E-state index in [4.69, 9.17) is 20.8 Å². The minimum absolute atomic E-state index is 0.00538. The first-order valence-electron chi connectivity index (χ1n) is 6.38. The number of esters is 1. The van der Waals surface area contributed by atoms with E-state index in [1.54, 1.807) is 20.8 Å². The van der Waals surface area contributed by atoms with Gasteiger partial charge in [0, 0.05) is 0 Å². The van der Waals surface area contributed by atoms with Crippen molar-refractivity contribution in [2.24, 2.45) is 5.92 Å². The first-order chi connectivity index (χ1) is 9.11. The first kappa shape index (κ1) is 16.6. The summed E-state index contributed by atoms with van der Waals surface area (Å²) >= 11 is 5.74. The maximum Gasteiger partial charge on any atom is 0.329 e. The van der Waals surface area contributed by atoms with Crippen molar-refractivity contribution < 1.29 is 18.7 Å². The van der Waals surface area contributed by atoms with E-state index < -0.39 is 23.5 Å². The summed E-state index contributed by atoms with van der Waals surface area (Å²) in [4.78, 5) is 24.1. The highest BCUT2D eigenvalue weighted by atomic mass is 35.5. The molecule has 5 nitrogen and oxygen atoms in total. The molecule has 0 aromatic carbocycles. The third kappa shape index (κ3) is 4.56. The number of carbonyl (C=O) groups excluding carboxylic acids is 2. The van der Waals surface area contributed by atoms with Gasteiger partial charge in [-0.2, -0.15) is 0 Å². The molecule has 1 amide bonds. The number of furan rings is 1. The average Bonchev–Trinajstić information content (AvgIpc) is 2.69. The minimum atomic E-state index is -0.743. The molecule has 112 valence electrons. The van der Waals surface area contributed by atoms with Gasteiger partial charge < -0.3 is 14.5 Å². The highest BCUT2D eigenvalue weighted by molar-refractivity contribution is 6.32. The van der Waals surface area contributed by atoms with E-state index in [1.165, 1.54) is 12.3 Å². The van der Waals surface area contributed by atoms with Crippen molar-refractivity contribution in [1.82, 2.24) is 5.32 Å². The Morgan fingerprint density at radius 3 is 2.35 bits per heavy atom. The second kappa shape index (κ2) is 6.31. The van der Waals surface area contributed by atoms with Crippen molar-refractivity contribution in [3.05, 3.63) is 23.1 Å². The lowest BCUT2D eigenvalue weighted by Gasteiger charge is -2.26. The molecule has 6 heteroatoms. The van der Waals surface area contributed by atoms with Gasteiger partial charge in [0.15, 0.2) is 0 Å². The average molecular weight is 302 g/mol. The normalized spacial score (nSPS) is 13.2. The standard InChI is InChI=1S/C14H20ClNO4/c1-8(2)10(13(18)20-14(3,4)5)16-12(17)9-6-7-19-11(9)15/h6-8,10H,1-5H3,(H,16,17)/t10-/m0/s1. The maximum atomic E-state index is 12.1. The van der Waals surface area contributed by atoms with E-state index in [1.807, 2.05) is 13.8 Å². The highest BCUT2D eigenvalue weighted by Crippen LogP contribution is 2.18. The maximum absolute atomic E-state index is 12.1. The Labute approximate surface area is 123 Å². The van der Waals surface area contributed by atoms with Gasteiger partial charge in [-0.1, -0.05) is 13.8 Å². The van der Waals surface area contributed by atoms with Gasteiger partial charge in [0.2, 0.25) is 5.22 Å². The van der Waals surface area contributed by atoms with Crippen molar-refractivity contribution in [2.75, 3.05) is 0 Å². The summed E-state index contributed by atoms with van der Waals surface area (Å²) in [5.74, 6) is -1.05. The van der Waals surface area contributed by atoms with Crippen LogP contribution in [-0.2, 0) is 9.53 Å². The molecule has 1 heterocycles. The largest absolute Gasteiger partial charge is 0.458 e. The molecule has 0 saturated heterocycles. The SMILES string of the molecule is CC(C)[C@H](NC(=O)c1ccoc1Cl)C(=O)OC(C)(C)C. The van der Waals surface area contributed by atoms with E-state index >= 15 is 0 Å². The lowest BCUT2D eigenvalue weighted by molar-refractivity contribution is -0.158. The molecule has 0 aliphatic carbocycles. The monoisotopic (exact) mass is 301 g/mol. The molecule has 1 N–H and O–H groups in total.